The van der Waals surface area contributed by atoms with Crippen molar-refractivity contribution < 1.29 is 14.7 Å². The molecule has 0 radical (unpaired) electrons. The predicted molar refractivity (Wildman–Crippen MR) is 84.5 cm³/mol. The number of piperidine rings is 1. The lowest BCUT2D eigenvalue weighted by Gasteiger charge is -2.31. The third kappa shape index (κ3) is 4.07. The number of carbonyl (C=O) groups excluding carboxylic acids is 2. The molecule has 1 aromatic rings. The van der Waals surface area contributed by atoms with Crippen LogP contribution in [0.1, 0.15) is 35.2 Å². The zero-order valence-electron chi connectivity index (χ0n) is 13.0. The van der Waals surface area contributed by atoms with Gasteiger partial charge in [-0.25, -0.2) is 0 Å². The van der Waals surface area contributed by atoms with Crippen LogP contribution in [0.3, 0.4) is 0 Å². The molecule has 0 aliphatic carbocycles. The molecule has 0 saturated carbocycles. The van der Waals surface area contributed by atoms with E-state index in [1.807, 2.05) is 36.1 Å². The molecule has 2 rings (SSSR count). The SMILES string of the molecule is Cc1ccccc1C(=O)N1CCC(C(=O)NCCCO)CC1. The molecule has 1 aliphatic heterocycles. The molecule has 2 amide bonds. The molecule has 0 atom stereocenters. The second-order valence-electron chi connectivity index (χ2n) is 5.75. The number of carbonyl (C=O) groups is 2. The van der Waals surface area contributed by atoms with Gasteiger partial charge in [0.2, 0.25) is 5.91 Å². The topological polar surface area (TPSA) is 69.6 Å². The maximum absolute atomic E-state index is 12.5. The minimum absolute atomic E-state index is 0.0281. The van der Waals surface area contributed by atoms with E-state index < -0.39 is 0 Å². The normalized spacial score (nSPS) is 15.6. The summed E-state index contributed by atoms with van der Waals surface area (Å²) in [5.41, 5.74) is 1.73. The largest absolute Gasteiger partial charge is 0.396 e. The average molecular weight is 304 g/mol. The van der Waals surface area contributed by atoms with Crippen molar-refractivity contribution >= 4 is 11.8 Å². The van der Waals surface area contributed by atoms with E-state index in [2.05, 4.69) is 5.32 Å². The van der Waals surface area contributed by atoms with Crippen LogP contribution in [0.25, 0.3) is 0 Å². The van der Waals surface area contributed by atoms with Crippen LogP contribution in [0.2, 0.25) is 0 Å². The van der Waals surface area contributed by atoms with Crippen molar-refractivity contribution in [3.8, 4) is 0 Å². The third-order valence-corrected chi connectivity index (χ3v) is 4.16. The number of hydrogen-bond donors (Lipinski definition) is 2. The first kappa shape index (κ1) is 16.5. The molecule has 0 spiro atoms. The first-order chi connectivity index (χ1) is 10.6. The van der Waals surface area contributed by atoms with E-state index >= 15 is 0 Å². The molecule has 0 aromatic heterocycles. The summed E-state index contributed by atoms with van der Waals surface area (Å²) in [4.78, 5) is 26.3. The molecule has 5 nitrogen and oxygen atoms in total. The summed E-state index contributed by atoms with van der Waals surface area (Å²) < 4.78 is 0. The third-order valence-electron chi connectivity index (χ3n) is 4.16. The number of nitrogens with zero attached hydrogens (tertiary/aromatic N) is 1. The van der Waals surface area contributed by atoms with Gasteiger partial charge in [0.05, 0.1) is 0 Å². The Morgan fingerprint density at radius 2 is 1.95 bits per heavy atom. The van der Waals surface area contributed by atoms with Crippen LogP contribution in [0.5, 0.6) is 0 Å². The summed E-state index contributed by atoms with van der Waals surface area (Å²) >= 11 is 0. The molecule has 120 valence electrons. The Hall–Kier alpha value is -1.88. The van der Waals surface area contributed by atoms with Gasteiger partial charge in [-0.15, -0.1) is 0 Å². The Balaban J connectivity index is 1.85. The van der Waals surface area contributed by atoms with Crippen LogP contribution >= 0.6 is 0 Å². The van der Waals surface area contributed by atoms with Crippen LogP contribution < -0.4 is 5.32 Å². The van der Waals surface area contributed by atoms with Crippen LogP contribution in [0, 0.1) is 12.8 Å². The molecule has 1 aliphatic rings. The van der Waals surface area contributed by atoms with E-state index in [0.717, 1.165) is 11.1 Å². The van der Waals surface area contributed by atoms with Crippen LogP contribution in [0.15, 0.2) is 24.3 Å². The number of rotatable bonds is 5. The Morgan fingerprint density at radius 1 is 1.27 bits per heavy atom. The second-order valence-corrected chi connectivity index (χ2v) is 5.75. The molecular weight excluding hydrogens is 280 g/mol. The predicted octanol–water partition coefficient (Wildman–Crippen LogP) is 1.35. The summed E-state index contributed by atoms with van der Waals surface area (Å²) in [5, 5.41) is 11.6. The number of hydrogen-bond acceptors (Lipinski definition) is 3. The highest BCUT2D eigenvalue weighted by Crippen LogP contribution is 2.20. The zero-order valence-corrected chi connectivity index (χ0v) is 13.0. The van der Waals surface area contributed by atoms with Gasteiger partial charge in [0, 0.05) is 37.7 Å². The maximum atomic E-state index is 12.5. The number of amides is 2. The highest BCUT2D eigenvalue weighted by molar-refractivity contribution is 5.95. The monoisotopic (exact) mass is 304 g/mol. The first-order valence-electron chi connectivity index (χ1n) is 7.87. The average Bonchev–Trinajstić information content (AvgIpc) is 2.55. The number of aliphatic hydroxyl groups excluding tert-OH is 1. The minimum Gasteiger partial charge on any atom is -0.396 e. The fourth-order valence-corrected chi connectivity index (χ4v) is 2.76. The lowest BCUT2D eigenvalue weighted by atomic mass is 9.95. The van der Waals surface area contributed by atoms with Crippen molar-refractivity contribution in [2.45, 2.75) is 26.2 Å². The van der Waals surface area contributed by atoms with Gasteiger partial charge in [0.15, 0.2) is 0 Å². The maximum Gasteiger partial charge on any atom is 0.254 e. The molecule has 0 bridgehead atoms. The molecule has 22 heavy (non-hydrogen) atoms. The number of benzene rings is 1. The van der Waals surface area contributed by atoms with Crippen LogP contribution in [-0.2, 0) is 4.79 Å². The number of nitrogens with one attached hydrogen (secondary N) is 1. The van der Waals surface area contributed by atoms with Crippen molar-refractivity contribution in [2.24, 2.45) is 5.92 Å². The number of likely N-dealkylation sites (tertiary alicyclic amines) is 1. The molecule has 1 saturated heterocycles. The first-order valence-corrected chi connectivity index (χ1v) is 7.87. The summed E-state index contributed by atoms with van der Waals surface area (Å²) in [6, 6.07) is 7.59. The van der Waals surface area contributed by atoms with Crippen molar-refractivity contribution in [2.75, 3.05) is 26.2 Å². The molecule has 1 aromatic carbocycles. The summed E-state index contributed by atoms with van der Waals surface area (Å²) in [7, 11) is 0. The van der Waals surface area contributed by atoms with Gasteiger partial charge in [-0.2, -0.15) is 0 Å². The fourth-order valence-electron chi connectivity index (χ4n) is 2.76. The van der Waals surface area contributed by atoms with Gasteiger partial charge >= 0.3 is 0 Å². The molecule has 5 heteroatoms. The molecular formula is C17H24N2O3. The smallest absolute Gasteiger partial charge is 0.254 e. The van der Waals surface area contributed by atoms with E-state index in [-0.39, 0.29) is 24.3 Å². The molecule has 1 fully saturated rings. The minimum atomic E-state index is -0.0281. The van der Waals surface area contributed by atoms with Gasteiger partial charge in [-0.1, -0.05) is 18.2 Å². The van der Waals surface area contributed by atoms with Crippen molar-refractivity contribution in [1.29, 1.82) is 0 Å². The fraction of sp³-hybridized carbons (Fsp3) is 0.529. The Morgan fingerprint density at radius 3 is 2.59 bits per heavy atom. The number of aryl methyl sites for hydroxylation is 1. The van der Waals surface area contributed by atoms with E-state index in [1.165, 1.54) is 0 Å². The van der Waals surface area contributed by atoms with Gasteiger partial charge in [0.25, 0.3) is 5.91 Å². The van der Waals surface area contributed by atoms with Crippen molar-refractivity contribution in [1.82, 2.24) is 10.2 Å². The lowest BCUT2D eigenvalue weighted by molar-refractivity contribution is -0.126. The Kier molecular flexibility index (Phi) is 5.95. The second kappa shape index (κ2) is 7.94. The van der Waals surface area contributed by atoms with Gasteiger partial charge < -0.3 is 15.3 Å². The van der Waals surface area contributed by atoms with Gasteiger partial charge in [0.1, 0.15) is 0 Å². The zero-order chi connectivity index (χ0) is 15.9. The van der Waals surface area contributed by atoms with E-state index in [4.69, 9.17) is 5.11 Å². The van der Waals surface area contributed by atoms with E-state index in [0.29, 0.717) is 38.9 Å². The standard InChI is InChI=1S/C17H24N2O3/c1-13-5-2-3-6-15(13)17(22)19-10-7-14(8-11-19)16(21)18-9-4-12-20/h2-3,5-6,14,20H,4,7-12H2,1H3,(H,18,21). The Bertz CT molecular complexity index is 522. The molecule has 2 N–H and O–H groups in total. The van der Waals surface area contributed by atoms with Gasteiger partial charge in [-0.3, -0.25) is 9.59 Å². The van der Waals surface area contributed by atoms with Gasteiger partial charge in [-0.05, 0) is 37.8 Å². The van der Waals surface area contributed by atoms with Crippen LogP contribution in [0.4, 0.5) is 0 Å². The highest BCUT2D eigenvalue weighted by Gasteiger charge is 2.27. The van der Waals surface area contributed by atoms with Crippen molar-refractivity contribution in [3.63, 3.8) is 0 Å². The van der Waals surface area contributed by atoms with E-state index in [9.17, 15) is 9.59 Å². The summed E-state index contributed by atoms with van der Waals surface area (Å²) in [5.74, 6) is 0.0632. The number of aliphatic hydroxyl groups is 1. The van der Waals surface area contributed by atoms with Crippen LogP contribution in [-0.4, -0.2) is 48.1 Å². The highest BCUT2D eigenvalue weighted by atomic mass is 16.3. The van der Waals surface area contributed by atoms with Crippen molar-refractivity contribution in [3.05, 3.63) is 35.4 Å². The Labute approximate surface area is 131 Å². The summed E-state index contributed by atoms with van der Waals surface area (Å²) in [6.45, 7) is 3.77. The summed E-state index contributed by atoms with van der Waals surface area (Å²) in [6.07, 6.45) is 1.97. The van der Waals surface area contributed by atoms with E-state index in [1.54, 1.807) is 0 Å². The quantitative estimate of drug-likeness (QED) is 0.807. The molecule has 1 heterocycles. The lowest BCUT2D eigenvalue weighted by Crippen LogP contribution is -2.43. The molecule has 0 unspecified atom stereocenters.